The third-order valence-corrected chi connectivity index (χ3v) is 6.76. The molecule has 0 aliphatic carbocycles. The van der Waals surface area contributed by atoms with Crippen LogP contribution in [0.1, 0.15) is 5.56 Å². The predicted octanol–water partition coefficient (Wildman–Crippen LogP) is 1.45. The monoisotopic (exact) mass is 458 g/mol. The lowest BCUT2D eigenvalue weighted by Crippen LogP contribution is -2.40. The van der Waals surface area contributed by atoms with Crippen molar-refractivity contribution in [1.29, 1.82) is 0 Å². The standard InChI is InChI=1S/C21H22N4O6S/c26-20(14-30-18-5-3-17(4-6-18)21-24-23-15-31-21)22-13-16-1-7-19(8-2-16)32(27,28)25-9-11-29-12-10-25/h1-8,15H,9-14H2,(H,22,26). The largest absolute Gasteiger partial charge is 0.484 e. The van der Waals surface area contributed by atoms with Crippen LogP contribution in [0.2, 0.25) is 0 Å². The molecule has 1 N–H and O–H groups in total. The lowest BCUT2D eigenvalue weighted by atomic mass is 10.2. The van der Waals surface area contributed by atoms with Crippen molar-refractivity contribution in [2.75, 3.05) is 32.9 Å². The molecule has 1 aliphatic rings. The number of rotatable bonds is 8. The summed E-state index contributed by atoms with van der Waals surface area (Å²) < 4.78 is 42.5. The Hall–Kier alpha value is -3.28. The van der Waals surface area contributed by atoms with Crippen LogP contribution in [0.4, 0.5) is 0 Å². The molecule has 11 heteroatoms. The van der Waals surface area contributed by atoms with Gasteiger partial charge in [-0.1, -0.05) is 12.1 Å². The van der Waals surface area contributed by atoms with Crippen LogP contribution in [-0.4, -0.2) is 61.7 Å². The summed E-state index contributed by atoms with van der Waals surface area (Å²) in [5.41, 5.74) is 1.53. The summed E-state index contributed by atoms with van der Waals surface area (Å²) in [5, 5.41) is 10.2. The summed E-state index contributed by atoms with van der Waals surface area (Å²) in [4.78, 5) is 12.3. The van der Waals surface area contributed by atoms with E-state index in [2.05, 4.69) is 15.5 Å². The number of ether oxygens (including phenoxy) is 2. The van der Waals surface area contributed by atoms with Gasteiger partial charge in [0.15, 0.2) is 6.61 Å². The molecule has 168 valence electrons. The highest BCUT2D eigenvalue weighted by molar-refractivity contribution is 7.89. The molecule has 0 saturated carbocycles. The number of hydrogen-bond donors (Lipinski definition) is 1. The van der Waals surface area contributed by atoms with Gasteiger partial charge < -0.3 is 19.2 Å². The fraction of sp³-hybridized carbons (Fsp3) is 0.286. The summed E-state index contributed by atoms with van der Waals surface area (Å²) in [6.07, 6.45) is 1.25. The molecule has 1 fully saturated rings. The zero-order valence-electron chi connectivity index (χ0n) is 17.1. The molecular formula is C21H22N4O6S. The number of amides is 1. The molecule has 3 aromatic rings. The number of aromatic nitrogens is 2. The molecule has 1 aliphatic heterocycles. The fourth-order valence-electron chi connectivity index (χ4n) is 3.11. The van der Waals surface area contributed by atoms with Gasteiger partial charge in [-0.3, -0.25) is 4.79 Å². The Balaban J connectivity index is 1.25. The molecule has 10 nitrogen and oxygen atoms in total. The molecule has 1 saturated heterocycles. The first-order valence-corrected chi connectivity index (χ1v) is 11.4. The van der Waals surface area contributed by atoms with E-state index >= 15 is 0 Å². The number of nitrogens with zero attached hydrogens (tertiary/aromatic N) is 3. The Labute approximate surface area is 185 Å². The van der Waals surface area contributed by atoms with Gasteiger partial charge in [-0.05, 0) is 42.0 Å². The molecule has 0 bridgehead atoms. The van der Waals surface area contributed by atoms with Crippen LogP contribution in [0.5, 0.6) is 5.75 Å². The van der Waals surface area contributed by atoms with Gasteiger partial charge >= 0.3 is 0 Å². The lowest BCUT2D eigenvalue weighted by Gasteiger charge is -2.26. The van der Waals surface area contributed by atoms with Crippen molar-refractivity contribution in [2.45, 2.75) is 11.4 Å². The van der Waals surface area contributed by atoms with Crippen molar-refractivity contribution in [3.05, 3.63) is 60.5 Å². The number of sulfonamides is 1. The number of benzene rings is 2. The number of hydrogen-bond acceptors (Lipinski definition) is 8. The van der Waals surface area contributed by atoms with Crippen LogP contribution in [0, 0.1) is 0 Å². The third-order valence-electron chi connectivity index (χ3n) is 4.85. The van der Waals surface area contributed by atoms with Gasteiger partial charge in [0, 0.05) is 25.2 Å². The maximum Gasteiger partial charge on any atom is 0.258 e. The number of carbonyl (C=O) groups is 1. The average Bonchev–Trinajstić information content (AvgIpc) is 3.38. The molecule has 1 aromatic heterocycles. The van der Waals surface area contributed by atoms with Gasteiger partial charge in [-0.2, -0.15) is 4.31 Å². The molecule has 0 radical (unpaired) electrons. The van der Waals surface area contributed by atoms with E-state index in [-0.39, 0.29) is 24.0 Å². The Bertz CT molecular complexity index is 1130. The van der Waals surface area contributed by atoms with Crippen LogP contribution in [0.15, 0.2) is 64.2 Å². The maximum absolute atomic E-state index is 12.6. The van der Waals surface area contributed by atoms with Crippen molar-refractivity contribution in [3.63, 3.8) is 0 Å². The van der Waals surface area contributed by atoms with Crippen LogP contribution < -0.4 is 10.1 Å². The highest BCUT2D eigenvalue weighted by Crippen LogP contribution is 2.20. The molecule has 0 unspecified atom stereocenters. The van der Waals surface area contributed by atoms with Crippen LogP contribution >= 0.6 is 0 Å². The third kappa shape index (κ3) is 5.31. The molecule has 2 heterocycles. The van der Waals surface area contributed by atoms with Gasteiger partial charge in [-0.25, -0.2) is 8.42 Å². The molecular weight excluding hydrogens is 436 g/mol. The van der Waals surface area contributed by atoms with E-state index in [1.165, 1.54) is 10.7 Å². The van der Waals surface area contributed by atoms with E-state index in [0.717, 1.165) is 11.1 Å². The van der Waals surface area contributed by atoms with E-state index in [4.69, 9.17) is 13.9 Å². The lowest BCUT2D eigenvalue weighted by molar-refractivity contribution is -0.123. The molecule has 4 rings (SSSR count). The fourth-order valence-corrected chi connectivity index (χ4v) is 4.52. The predicted molar refractivity (Wildman–Crippen MR) is 113 cm³/mol. The average molecular weight is 458 g/mol. The first-order valence-electron chi connectivity index (χ1n) is 9.95. The highest BCUT2D eigenvalue weighted by atomic mass is 32.2. The van der Waals surface area contributed by atoms with Crippen molar-refractivity contribution >= 4 is 15.9 Å². The number of carbonyl (C=O) groups excluding carboxylic acids is 1. The smallest absolute Gasteiger partial charge is 0.258 e. The second-order valence-electron chi connectivity index (χ2n) is 6.99. The van der Waals surface area contributed by atoms with Crippen molar-refractivity contribution < 1.29 is 27.1 Å². The van der Waals surface area contributed by atoms with Gasteiger partial charge in [0.2, 0.25) is 22.3 Å². The number of morpholine rings is 1. The quantitative estimate of drug-likeness (QED) is 0.538. The van der Waals surface area contributed by atoms with E-state index in [0.29, 0.717) is 37.9 Å². The zero-order chi connectivity index (χ0) is 22.4. The van der Waals surface area contributed by atoms with Crippen LogP contribution in [-0.2, 0) is 26.1 Å². The first kappa shape index (κ1) is 21.9. The second kappa shape index (κ2) is 9.90. The first-order chi connectivity index (χ1) is 15.5. The molecule has 0 spiro atoms. The van der Waals surface area contributed by atoms with Crippen LogP contribution in [0.25, 0.3) is 11.5 Å². The van der Waals surface area contributed by atoms with Crippen molar-refractivity contribution in [3.8, 4) is 17.2 Å². The number of nitrogens with one attached hydrogen (secondary N) is 1. The van der Waals surface area contributed by atoms with Crippen molar-refractivity contribution in [1.82, 2.24) is 19.8 Å². The van der Waals surface area contributed by atoms with Crippen molar-refractivity contribution in [2.24, 2.45) is 0 Å². The van der Waals surface area contributed by atoms with Gasteiger partial charge in [0.1, 0.15) is 5.75 Å². The second-order valence-corrected chi connectivity index (χ2v) is 8.93. The topological polar surface area (TPSA) is 124 Å². The zero-order valence-corrected chi connectivity index (χ0v) is 18.0. The Morgan fingerprint density at radius 1 is 1.06 bits per heavy atom. The van der Waals surface area contributed by atoms with Gasteiger partial charge in [-0.15, -0.1) is 10.2 Å². The van der Waals surface area contributed by atoms with Gasteiger partial charge in [0.05, 0.1) is 18.1 Å². The van der Waals surface area contributed by atoms with E-state index in [1.807, 2.05) is 0 Å². The summed E-state index contributed by atoms with van der Waals surface area (Å²) in [6.45, 7) is 1.60. The SMILES string of the molecule is O=C(COc1ccc(-c2nnco2)cc1)NCc1ccc(S(=O)(=O)N2CCOCC2)cc1. The minimum Gasteiger partial charge on any atom is -0.484 e. The Kier molecular flexibility index (Phi) is 6.78. The summed E-state index contributed by atoms with van der Waals surface area (Å²) in [5.74, 6) is 0.634. The van der Waals surface area contributed by atoms with Gasteiger partial charge in [0.25, 0.3) is 5.91 Å². The minimum absolute atomic E-state index is 0.149. The normalized spacial score (nSPS) is 14.8. The summed E-state index contributed by atoms with van der Waals surface area (Å²) in [7, 11) is -3.53. The minimum atomic E-state index is -3.53. The summed E-state index contributed by atoms with van der Waals surface area (Å²) in [6, 6.07) is 13.4. The Morgan fingerprint density at radius 3 is 2.44 bits per heavy atom. The molecule has 1 amide bonds. The highest BCUT2D eigenvalue weighted by Gasteiger charge is 2.26. The van der Waals surface area contributed by atoms with E-state index < -0.39 is 10.0 Å². The molecule has 0 atom stereocenters. The Morgan fingerprint density at radius 2 is 1.78 bits per heavy atom. The maximum atomic E-state index is 12.6. The van der Waals surface area contributed by atoms with Crippen LogP contribution in [0.3, 0.4) is 0 Å². The van der Waals surface area contributed by atoms with E-state index in [1.54, 1.807) is 48.5 Å². The summed E-state index contributed by atoms with van der Waals surface area (Å²) >= 11 is 0. The molecule has 32 heavy (non-hydrogen) atoms. The molecule has 2 aromatic carbocycles. The van der Waals surface area contributed by atoms with E-state index in [9.17, 15) is 13.2 Å².